The summed E-state index contributed by atoms with van der Waals surface area (Å²) in [5.74, 6) is 1.82. The van der Waals surface area contributed by atoms with Crippen LogP contribution in [0.4, 0.5) is 0 Å². The molecule has 0 amide bonds. The third-order valence-corrected chi connectivity index (χ3v) is 5.32. The predicted molar refractivity (Wildman–Crippen MR) is 93.4 cm³/mol. The Hall–Kier alpha value is -1.26. The molecular formula is C19H30N2O2. The van der Waals surface area contributed by atoms with Crippen LogP contribution in [0.1, 0.15) is 43.7 Å². The van der Waals surface area contributed by atoms with Gasteiger partial charge in [0.25, 0.3) is 0 Å². The molecule has 0 bridgehead atoms. The van der Waals surface area contributed by atoms with Gasteiger partial charge < -0.3 is 14.4 Å². The van der Waals surface area contributed by atoms with Gasteiger partial charge in [-0.15, -0.1) is 0 Å². The molecule has 0 radical (unpaired) electrons. The number of likely N-dealkylation sites (tertiary alicyclic amines) is 2. The Kier molecular flexibility index (Phi) is 5.79. The second kappa shape index (κ2) is 8.02. The van der Waals surface area contributed by atoms with Crippen molar-refractivity contribution in [1.29, 1.82) is 0 Å². The van der Waals surface area contributed by atoms with Crippen LogP contribution in [0.3, 0.4) is 0 Å². The minimum absolute atomic E-state index is 0.487. The van der Waals surface area contributed by atoms with Gasteiger partial charge in [0.05, 0.1) is 14.2 Å². The van der Waals surface area contributed by atoms with Gasteiger partial charge in [0.1, 0.15) is 11.5 Å². The normalized spacial score (nSPS) is 23.1. The first-order valence-corrected chi connectivity index (χ1v) is 9.00. The minimum atomic E-state index is 0.487. The first-order valence-electron chi connectivity index (χ1n) is 9.00. The molecule has 0 aromatic heterocycles. The Bertz CT molecular complexity index is 500. The second-order valence-electron chi connectivity index (χ2n) is 6.70. The molecule has 0 saturated carbocycles. The lowest BCUT2D eigenvalue weighted by Gasteiger charge is -2.31. The molecule has 0 aliphatic carbocycles. The van der Waals surface area contributed by atoms with Gasteiger partial charge in [0.15, 0.2) is 0 Å². The number of hydrogen-bond donors (Lipinski definition) is 0. The molecular weight excluding hydrogens is 288 g/mol. The summed E-state index contributed by atoms with van der Waals surface area (Å²) >= 11 is 0. The molecule has 0 N–H and O–H groups in total. The number of piperidine rings is 1. The summed E-state index contributed by atoms with van der Waals surface area (Å²) in [4.78, 5) is 5.27. The van der Waals surface area contributed by atoms with Crippen LogP contribution in [0.5, 0.6) is 11.5 Å². The molecule has 3 rings (SSSR count). The maximum absolute atomic E-state index is 5.63. The molecule has 1 atom stereocenters. The van der Waals surface area contributed by atoms with E-state index in [1.165, 1.54) is 70.4 Å². The molecule has 2 heterocycles. The number of methoxy groups -OCH3 is 2. The highest BCUT2D eigenvalue weighted by Crippen LogP contribution is 2.38. The van der Waals surface area contributed by atoms with Gasteiger partial charge in [-0.1, -0.05) is 12.5 Å². The highest BCUT2D eigenvalue weighted by atomic mass is 16.5. The van der Waals surface area contributed by atoms with Crippen molar-refractivity contribution in [3.63, 3.8) is 0 Å². The fourth-order valence-electron chi connectivity index (χ4n) is 3.99. The van der Waals surface area contributed by atoms with Crippen LogP contribution >= 0.6 is 0 Å². The molecule has 0 spiro atoms. The summed E-state index contributed by atoms with van der Waals surface area (Å²) < 4.78 is 11.0. The molecule has 2 aliphatic rings. The van der Waals surface area contributed by atoms with Crippen LogP contribution in [0.15, 0.2) is 18.2 Å². The Morgan fingerprint density at radius 2 is 1.78 bits per heavy atom. The number of hydrogen-bond acceptors (Lipinski definition) is 4. The minimum Gasteiger partial charge on any atom is -0.497 e. The van der Waals surface area contributed by atoms with Crippen molar-refractivity contribution in [2.75, 3.05) is 46.9 Å². The van der Waals surface area contributed by atoms with E-state index in [0.29, 0.717) is 6.04 Å². The maximum Gasteiger partial charge on any atom is 0.127 e. The Morgan fingerprint density at radius 3 is 2.52 bits per heavy atom. The third kappa shape index (κ3) is 3.99. The van der Waals surface area contributed by atoms with Crippen molar-refractivity contribution in [2.45, 2.75) is 38.1 Å². The molecule has 2 fully saturated rings. The van der Waals surface area contributed by atoms with Crippen LogP contribution in [-0.2, 0) is 0 Å². The summed E-state index contributed by atoms with van der Waals surface area (Å²) in [5.41, 5.74) is 1.31. The van der Waals surface area contributed by atoms with Crippen molar-refractivity contribution in [3.8, 4) is 11.5 Å². The predicted octanol–water partition coefficient (Wildman–Crippen LogP) is 3.33. The molecule has 2 aliphatic heterocycles. The zero-order chi connectivity index (χ0) is 16.1. The van der Waals surface area contributed by atoms with Gasteiger partial charge in [-0.25, -0.2) is 0 Å². The van der Waals surface area contributed by atoms with E-state index >= 15 is 0 Å². The molecule has 4 nitrogen and oxygen atoms in total. The summed E-state index contributed by atoms with van der Waals surface area (Å²) in [6.07, 6.45) is 6.65. The first-order chi connectivity index (χ1) is 11.3. The molecule has 4 heteroatoms. The quantitative estimate of drug-likeness (QED) is 0.803. The lowest BCUT2D eigenvalue weighted by atomic mass is 10.0. The summed E-state index contributed by atoms with van der Waals surface area (Å²) in [6, 6.07) is 6.73. The van der Waals surface area contributed by atoms with Crippen LogP contribution < -0.4 is 9.47 Å². The fraction of sp³-hybridized carbons (Fsp3) is 0.684. The Labute approximate surface area is 140 Å². The van der Waals surface area contributed by atoms with Gasteiger partial charge in [-0.2, -0.15) is 0 Å². The number of benzene rings is 1. The van der Waals surface area contributed by atoms with Gasteiger partial charge in [0, 0.05) is 30.8 Å². The van der Waals surface area contributed by atoms with E-state index in [1.807, 2.05) is 6.07 Å². The summed E-state index contributed by atoms with van der Waals surface area (Å²) in [7, 11) is 3.46. The second-order valence-corrected chi connectivity index (χ2v) is 6.70. The highest BCUT2D eigenvalue weighted by molar-refractivity contribution is 5.42. The van der Waals surface area contributed by atoms with Crippen LogP contribution in [0, 0.1) is 0 Å². The number of rotatable bonds is 6. The SMILES string of the molecule is COc1ccc(C2CCCN2CCN2CCCCC2)c(OC)c1. The Morgan fingerprint density at radius 1 is 0.957 bits per heavy atom. The van der Waals surface area contributed by atoms with Gasteiger partial charge in [-0.3, -0.25) is 4.90 Å². The Balaban J connectivity index is 1.66. The molecule has 1 aromatic rings. The molecule has 128 valence electrons. The van der Waals surface area contributed by atoms with E-state index in [0.717, 1.165) is 11.5 Å². The monoisotopic (exact) mass is 318 g/mol. The van der Waals surface area contributed by atoms with Crippen molar-refractivity contribution in [1.82, 2.24) is 9.80 Å². The third-order valence-electron chi connectivity index (χ3n) is 5.32. The molecule has 2 saturated heterocycles. The number of ether oxygens (including phenoxy) is 2. The molecule has 23 heavy (non-hydrogen) atoms. The van der Waals surface area contributed by atoms with E-state index in [1.54, 1.807) is 14.2 Å². The van der Waals surface area contributed by atoms with E-state index in [9.17, 15) is 0 Å². The van der Waals surface area contributed by atoms with Crippen molar-refractivity contribution < 1.29 is 9.47 Å². The highest BCUT2D eigenvalue weighted by Gasteiger charge is 2.28. The van der Waals surface area contributed by atoms with Gasteiger partial charge in [0.2, 0.25) is 0 Å². The van der Waals surface area contributed by atoms with E-state index in [4.69, 9.17) is 9.47 Å². The van der Waals surface area contributed by atoms with Gasteiger partial charge >= 0.3 is 0 Å². The topological polar surface area (TPSA) is 24.9 Å². The summed E-state index contributed by atoms with van der Waals surface area (Å²) in [6.45, 7) is 6.14. The van der Waals surface area contributed by atoms with E-state index < -0.39 is 0 Å². The standard InChI is InChI=1S/C19H30N2O2/c1-22-16-8-9-17(19(15-16)23-2)18-7-6-12-21(18)14-13-20-10-4-3-5-11-20/h8-9,15,18H,3-7,10-14H2,1-2H3. The van der Waals surface area contributed by atoms with Crippen molar-refractivity contribution in [2.24, 2.45) is 0 Å². The average molecular weight is 318 g/mol. The molecule has 1 unspecified atom stereocenters. The fourth-order valence-corrected chi connectivity index (χ4v) is 3.99. The number of nitrogens with zero attached hydrogens (tertiary/aromatic N) is 2. The maximum atomic E-state index is 5.63. The van der Waals surface area contributed by atoms with Crippen LogP contribution in [0.25, 0.3) is 0 Å². The van der Waals surface area contributed by atoms with E-state index in [-0.39, 0.29) is 0 Å². The lowest BCUT2D eigenvalue weighted by Crippen LogP contribution is -2.37. The zero-order valence-corrected chi connectivity index (χ0v) is 14.6. The van der Waals surface area contributed by atoms with Crippen LogP contribution in [0.2, 0.25) is 0 Å². The lowest BCUT2D eigenvalue weighted by molar-refractivity contribution is 0.173. The smallest absolute Gasteiger partial charge is 0.127 e. The first kappa shape index (κ1) is 16.6. The van der Waals surface area contributed by atoms with Crippen molar-refractivity contribution in [3.05, 3.63) is 23.8 Å². The van der Waals surface area contributed by atoms with E-state index in [2.05, 4.69) is 21.9 Å². The zero-order valence-electron chi connectivity index (χ0n) is 14.6. The van der Waals surface area contributed by atoms with Crippen molar-refractivity contribution >= 4 is 0 Å². The largest absolute Gasteiger partial charge is 0.497 e. The van der Waals surface area contributed by atoms with Crippen LogP contribution in [-0.4, -0.2) is 56.7 Å². The average Bonchev–Trinajstić information content (AvgIpc) is 3.08. The molecule has 1 aromatic carbocycles. The van der Waals surface area contributed by atoms with Gasteiger partial charge in [-0.05, 0) is 51.4 Å². The summed E-state index contributed by atoms with van der Waals surface area (Å²) in [5, 5.41) is 0.